The molecule has 0 saturated carbocycles. The van der Waals surface area contributed by atoms with Crippen LogP contribution in [0.15, 0.2) is 54.6 Å². The maximum Gasteiger partial charge on any atom is 0.0873 e. The lowest BCUT2D eigenvalue weighted by Gasteiger charge is -2.30. The van der Waals surface area contributed by atoms with Gasteiger partial charge >= 0.3 is 0 Å². The highest BCUT2D eigenvalue weighted by molar-refractivity contribution is 6.91. The quantitative estimate of drug-likeness (QED) is 0.674. The molecule has 1 aliphatic rings. The van der Waals surface area contributed by atoms with Gasteiger partial charge in [-0.25, -0.2) is 0 Å². The van der Waals surface area contributed by atoms with Crippen LogP contribution in [-0.2, 0) is 0 Å². The second kappa shape index (κ2) is 4.83. The van der Waals surface area contributed by atoms with E-state index in [4.69, 9.17) is 0 Å². The Morgan fingerprint density at radius 3 is 2.56 bits per heavy atom. The van der Waals surface area contributed by atoms with Crippen LogP contribution < -0.4 is 5.19 Å². The third kappa shape index (κ3) is 2.35. The molecule has 0 aromatic heterocycles. The van der Waals surface area contributed by atoms with Gasteiger partial charge in [-0.05, 0) is 18.4 Å². The van der Waals surface area contributed by atoms with Gasteiger partial charge in [-0.15, -0.1) is 0 Å². The van der Waals surface area contributed by atoms with Crippen molar-refractivity contribution in [3.05, 3.63) is 54.6 Å². The highest BCUT2D eigenvalue weighted by Crippen LogP contribution is 2.29. The Morgan fingerprint density at radius 1 is 1.06 bits per heavy atom. The molecule has 1 atom stereocenters. The van der Waals surface area contributed by atoms with Gasteiger partial charge in [0.25, 0.3) is 0 Å². The van der Waals surface area contributed by atoms with Crippen molar-refractivity contribution in [1.29, 1.82) is 0 Å². The minimum atomic E-state index is -1.34. The van der Waals surface area contributed by atoms with E-state index in [0.29, 0.717) is 0 Å². The van der Waals surface area contributed by atoms with Crippen LogP contribution in [0.1, 0.15) is 12.8 Å². The summed E-state index contributed by atoms with van der Waals surface area (Å²) in [4.78, 5) is 0. The molecule has 0 fully saturated rings. The van der Waals surface area contributed by atoms with Crippen LogP contribution in [0, 0.1) is 0 Å². The van der Waals surface area contributed by atoms with E-state index in [9.17, 15) is 0 Å². The Bertz CT molecular complexity index is 387. The summed E-state index contributed by atoms with van der Waals surface area (Å²) < 4.78 is 0. The second-order valence-electron chi connectivity index (χ2n) is 5.08. The van der Waals surface area contributed by atoms with Gasteiger partial charge in [0.05, 0.1) is 8.07 Å². The molecule has 0 spiro atoms. The van der Waals surface area contributed by atoms with Crippen molar-refractivity contribution in [3.8, 4) is 0 Å². The molecule has 0 nitrogen and oxygen atoms in total. The van der Waals surface area contributed by atoms with E-state index < -0.39 is 8.07 Å². The van der Waals surface area contributed by atoms with E-state index in [-0.39, 0.29) is 0 Å². The Morgan fingerprint density at radius 2 is 1.81 bits per heavy atom. The Balaban J connectivity index is 2.25. The smallest absolute Gasteiger partial charge is 0.0845 e. The molecule has 2 rings (SSSR count). The van der Waals surface area contributed by atoms with E-state index in [0.717, 1.165) is 5.54 Å². The first-order chi connectivity index (χ1) is 7.71. The molecule has 84 valence electrons. The Hall–Kier alpha value is -1.08. The molecular formula is C15H20Si. The number of hydrogen-bond acceptors (Lipinski definition) is 0. The van der Waals surface area contributed by atoms with Crippen molar-refractivity contribution in [3.63, 3.8) is 0 Å². The number of rotatable bonds is 2. The van der Waals surface area contributed by atoms with Gasteiger partial charge in [0.1, 0.15) is 0 Å². The minimum Gasteiger partial charge on any atom is -0.0845 e. The van der Waals surface area contributed by atoms with Gasteiger partial charge in [0.15, 0.2) is 0 Å². The van der Waals surface area contributed by atoms with Crippen molar-refractivity contribution < 1.29 is 0 Å². The monoisotopic (exact) mass is 228 g/mol. The highest BCUT2D eigenvalue weighted by atomic mass is 28.3. The van der Waals surface area contributed by atoms with E-state index >= 15 is 0 Å². The van der Waals surface area contributed by atoms with Gasteiger partial charge in [0, 0.05) is 0 Å². The fraction of sp³-hybridized carbons (Fsp3) is 0.333. The second-order valence-corrected chi connectivity index (χ2v) is 9.85. The SMILES string of the molecule is C[Si](C)(c1ccccc1)C1C=CC=CCC1. The lowest BCUT2D eigenvalue weighted by molar-refractivity contribution is 0.848. The van der Waals surface area contributed by atoms with E-state index in [1.165, 1.54) is 12.8 Å². The van der Waals surface area contributed by atoms with Crippen LogP contribution >= 0.6 is 0 Å². The lowest BCUT2D eigenvalue weighted by atomic mass is 10.2. The summed E-state index contributed by atoms with van der Waals surface area (Å²) in [5, 5.41) is 1.58. The van der Waals surface area contributed by atoms with Crippen LogP contribution in [0.5, 0.6) is 0 Å². The normalized spacial score (nSPS) is 20.8. The van der Waals surface area contributed by atoms with Gasteiger partial charge in [-0.2, -0.15) is 0 Å². The standard InChI is InChI=1S/C15H20Si/c1-16(2,15-12-8-5-9-13-15)14-10-6-3-4-7-11-14/h3-6,8-10,12-14H,7,11H2,1-2H3. The number of benzene rings is 1. The molecule has 0 heterocycles. The zero-order chi connectivity index (χ0) is 11.4. The number of hydrogen-bond donors (Lipinski definition) is 0. The Labute approximate surface area is 99.7 Å². The maximum absolute atomic E-state index is 2.49. The van der Waals surface area contributed by atoms with Crippen molar-refractivity contribution in [2.24, 2.45) is 0 Å². The molecule has 0 N–H and O–H groups in total. The molecule has 16 heavy (non-hydrogen) atoms. The zero-order valence-corrected chi connectivity index (χ0v) is 11.2. The van der Waals surface area contributed by atoms with Gasteiger partial charge in [-0.1, -0.05) is 72.9 Å². The van der Waals surface area contributed by atoms with Crippen LogP contribution in [0.25, 0.3) is 0 Å². The molecule has 0 saturated heterocycles. The molecule has 0 amide bonds. The summed E-state index contributed by atoms with van der Waals surface area (Å²) in [7, 11) is -1.34. The van der Waals surface area contributed by atoms with E-state index in [1.54, 1.807) is 5.19 Å². The molecule has 0 radical (unpaired) electrons. The topological polar surface area (TPSA) is 0 Å². The average Bonchev–Trinajstić information content (AvgIpc) is 2.59. The molecule has 0 bridgehead atoms. The van der Waals surface area contributed by atoms with Crippen LogP contribution in [0.4, 0.5) is 0 Å². The molecule has 1 unspecified atom stereocenters. The third-order valence-corrected chi connectivity index (χ3v) is 7.84. The molecule has 0 aliphatic heterocycles. The highest BCUT2D eigenvalue weighted by Gasteiger charge is 2.31. The fourth-order valence-corrected chi connectivity index (χ4v) is 5.39. The molecular weight excluding hydrogens is 208 g/mol. The fourth-order valence-electron chi connectivity index (χ4n) is 2.43. The summed E-state index contributed by atoms with van der Waals surface area (Å²) in [5.74, 6) is 0. The van der Waals surface area contributed by atoms with Crippen LogP contribution in [0.3, 0.4) is 0 Å². The van der Waals surface area contributed by atoms with Gasteiger partial charge in [0.2, 0.25) is 0 Å². The number of allylic oxidation sites excluding steroid dienone is 4. The zero-order valence-electron chi connectivity index (χ0n) is 10.2. The third-order valence-electron chi connectivity index (χ3n) is 3.68. The molecule has 1 aromatic carbocycles. The van der Waals surface area contributed by atoms with Crippen molar-refractivity contribution in [1.82, 2.24) is 0 Å². The predicted molar refractivity (Wildman–Crippen MR) is 74.8 cm³/mol. The molecule has 1 aromatic rings. The summed E-state index contributed by atoms with van der Waals surface area (Å²) in [6, 6.07) is 11.1. The largest absolute Gasteiger partial charge is 0.0873 e. The first-order valence-electron chi connectivity index (χ1n) is 6.10. The Kier molecular flexibility index (Phi) is 3.45. The van der Waals surface area contributed by atoms with Crippen molar-refractivity contribution >= 4 is 13.3 Å². The maximum atomic E-state index is 2.49. The lowest BCUT2D eigenvalue weighted by Crippen LogP contribution is -2.45. The molecule has 1 heteroatoms. The predicted octanol–water partition coefficient (Wildman–Crippen LogP) is 3.88. The van der Waals surface area contributed by atoms with E-state index in [2.05, 4.69) is 67.7 Å². The van der Waals surface area contributed by atoms with Crippen molar-refractivity contribution in [2.75, 3.05) is 0 Å². The summed E-state index contributed by atoms with van der Waals surface area (Å²) in [6.45, 7) is 4.98. The average molecular weight is 228 g/mol. The van der Waals surface area contributed by atoms with Crippen LogP contribution in [0.2, 0.25) is 18.6 Å². The van der Waals surface area contributed by atoms with Crippen molar-refractivity contribution in [2.45, 2.75) is 31.5 Å². The summed E-state index contributed by atoms with van der Waals surface area (Å²) >= 11 is 0. The summed E-state index contributed by atoms with van der Waals surface area (Å²) in [6.07, 6.45) is 11.7. The van der Waals surface area contributed by atoms with E-state index in [1.807, 2.05) is 0 Å². The van der Waals surface area contributed by atoms with Gasteiger partial charge in [-0.3, -0.25) is 0 Å². The first-order valence-corrected chi connectivity index (χ1v) is 9.18. The first kappa shape index (κ1) is 11.4. The van der Waals surface area contributed by atoms with Gasteiger partial charge < -0.3 is 0 Å². The molecule has 1 aliphatic carbocycles. The van der Waals surface area contributed by atoms with Crippen LogP contribution in [-0.4, -0.2) is 8.07 Å². The minimum absolute atomic E-state index is 0.768. The summed E-state index contributed by atoms with van der Waals surface area (Å²) in [5.41, 5.74) is 0.768.